The maximum atomic E-state index is 12.9. The second-order valence-corrected chi connectivity index (χ2v) is 3.04. The summed E-state index contributed by atoms with van der Waals surface area (Å²) in [6.07, 6.45) is -0.820. The van der Waals surface area contributed by atoms with Crippen molar-refractivity contribution in [1.82, 2.24) is 0 Å². The van der Waals surface area contributed by atoms with Crippen molar-refractivity contribution in [3.8, 4) is 5.75 Å². The molecule has 0 amide bonds. The van der Waals surface area contributed by atoms with E-state index in [0.29, 0.717) is 6.61 Å². The molecule has 0 aliphatic heterocycles. The maximum absolute atomic E-state index is 12.9. The second-order valence-electron chi connectivity index (χ2n) is 3.04. The molecule has 0 spiro atoms. The van der Waals surface area contributed by atoms with Gasteiger partial charge in [0.2, 0.25) is 0 Å². The highest BCUT2D eigenvalue weighted by molar-refractivity contribution is 5.57. The predicted octanol–water partition coefficient (Wildman–Crippen LogP) is 2.77. The average molecular weight is 166 g/mol. The van der Waals surface area contributed by atoms with Crippen LogP contribution in [0.4, 0.5) is 4.39 Å². The van der Waals surface area contributed by atoms with Crippen LogP contribution in [-0.2, 0) is 0 Å². The highest BCUT2D eigenvalue weighted by Crippen LogP contribution is 2.48. The molecule has 0 bridgehead atoms. The van der Waals surface area contributed by atoms with E-state index < -0.39 is 6.17 Å². The van der Waals surface area contributed by atoms with Gasteiger partial charge in [-0.3, -0.25) is 0 Å². The van der Waals surface area contributed by atoms with Crippen molar-refractivity contribution in [3.63, 3.8) is 0 Å². The Bertz CT molecular complexity index is 320. The van der Waals surface area contributed by atoms with Gasteiger partial charge in [-0.05, 0) is 31.5 Å². The first-order valence-electron chi connectivity index (χ1n) is 4.15. The molecule has 1 nitrogen and oxygen atoms in total. The van der Waals surface area contributed by atoms with Gasteiger partial charge in [-0.15, -0.1) is 0 Å². The van der Waals surface area contributed by atoms with E-state index in [4.69, 9.17) is 4.74 Å². The molecule has 0 saturated heterocycles. The molecule has 2 heteroatoms. The van der Waals surface area contributed by atoms with Crippen LogP contribution in [0.1, 0.15) is 29.8 Å². The Labute approximate surface area is 71.2 Å². The average Bonchev–Trinajstić information content (AvgIpc) is 2.63. The molecule has 0 aromatic heterocycles. The van der Waals surface area contributed by atoms with Crippen LogP contribution in [0.25, 0.3) is 0 Å². The molecule has 1 aliphatic rings. The zero-order valence-electron chi connectivity index (χ0n) is 7.23. The van der Waals surface area contributed by atoms with Crippen molar-refractivity contribution >= 4 is 0 Å². The van der Waals surface area contributed by atoms with Crippen molar-refractivity contribution in [3.05, 3.63) is 28.8 Å². The lowest BCUT2D eigenvalue weighted by atomic mass is 10.2. The molecule has 1 atom stereocenters. The number of aryl methyl sites for hydroxylation is 1. The number of benzene rings is 1. The summed E-state index contributed by atoms with van der Waals surface area (Å²) in [6, 6.07) is 3.68. The molecule has 1 aromatic rings. The summed E-state index contributed by atoms with van der Waals surface area (Å²) in [5.74, 6) is 0.786. The van der Waals surface area contributed by atoms with E-state index in [9.17, 15) is 4.39 Å². The molecule has 0 saturated carbocycles. The Morgan fingerprint density at radius 1 is 1.50 bits per heavy atom. The maximum Gasteiger partial charge on any atom is 0.151 e. The number of ether oxygens (including phenoxy) is 1. The first-order chi connectivity index (χ1) is 5.74. The highest BCUT2D eigenvalue weighted by atomic mass is 19.1. The minimum Gasteiger partial charge on any atom is -0.494 e. The van der Waals surface area contributed by atoms with Crippen LogP contribution in [0.3, 0.4) is 0 Å². The monoisotopic (exact) mass is 166 g/mol. The molecule has 12 heavy (non-hydrogen) atoms. The van der Waals surface area contributed by atoms with Crippen molar-refractivity contribution in [2.75, 3.05) is 6.61 Å². The minimum absolute atomic E-state index is 0.634. The first-order valence-corrected chi connectivity index (χ1v) is 4.15. The number of hydrogen-bond acceptors (Lipinski definition) is 1. The summed E-state index contributed by atoms with van der Waals surface area (Å²) in [6.45, 7) is 4.48. The molecule has 1 aliphatic carbocycles. The molecule has 1 aromatic carbocycles. The molecule has 0 fully saturated rings. The SMILES string of the molecule is CCOc1cc(C)c2c(c1)[C@@H]2F. The van der Waals surface area contributed by atoms with E-state index in [1.54, 1.807) is 6.07 Å². The largest absolute Gasteiger partial charge is 0.494 e. The molecule has 0 heterocycles. The highest BCUT2D eigenvalue weighted by Gasteiger charge is 2.35. The quantitative estimate of drug-likeness (QED) is 0.656. The second kappa shape index (κ2) is 2.47. The topological polar surface area (TPSA) is 9.23 Å². The van der Waals surface area contributed by atoms with Crippen molar-refractivity contribution in [1.29, 1.82) is 0 Å². The van der Waals surface area contributed by atoms with Gasteiger partial charge in [-0.2, -0.15) is 0 Å². The van der Waals surface area contributed by atoms with Gasteiger partial charge in [-0.1, -0.05) is 0 Å². The standard InChI is InChI=1S/C10H11FO/c1-3-12-7-4-6(2)9-8(5-7)10(9)11/h4-5,10H,3H2,1-2H3/t10-/m0/s1. The number of alkyl halides is 1. The fourth-order valence-corrected chi connectivity index (χ4v) is 1.52. The lowest BCUT2D eigenvalue weighted by molar-refractivity contribution is 0.340. The van der Waals surface area contributed by atoms with Crippen LogP contribution in [0, 0.1) is 6.92 Å². The molecule has 64 valence electrons. The fourth-order valence-electron chi connectivity index (χ4n) is 1.52. The Kier molecular flexibility index (Phi) is 1.56. The van der Waals surface area contributed by atoms with E-state index >= 15 is 0 Å². The van der Waals surface area contributed by atoms with Gasteiger partial charge < -0.3 is 4.74 Å². The zero-order chi connectivity index (χ0) is 8.72. The summed E-state index contributed by atoms with van der Waals surface area (Å²) in [5, 5.41) is 0. The molecule has 2 rings (SSSR count). The van der Waals surface area contributed by atoms with Gasteiger partial charge in [0.15, 0.2) is 6.17 Å². The summed E-state index contributed by atoms with van der Waals surface area (Å²) >= 11 is 0. The van der Waals surface area contributed by atoms with E-state index in [-0.39, 0.29) is 0 Å². The Morgan fingerprint density at radius 2 is 2.25 bits per heavy atom. The smallest absolute Gasteiger partial charge is 0.151 e. The molecule has 0 N–H and O–H groups in total. The molecule has 0 radical (unpaired) electrons. The van der Waals surface area contributed by atoms with Crippen molar-refractivity contribution in [2.24, 2.45) is 0 Å². The van der Waals surface area contributed by atoms with Gasteiger partial charge in [0.05, 0.1) is 6.61 Å². The number of fused-ring (bicyclic) bond motifs is 1. The number of hydrogen-bond donors (Lipinski definition) is 0. The van der Waals surface area contributed by atoms with E-state index in [2.05, 4.69) is 0 Å². The fraction of sp³-hybridized carbons (Fsp3) is 0.400. The third kappa shape index (κ3) is 0.986. The van der Waals surface area contributed by atoms with Crippen LogP contribution in [-0.4, -0.2) is 6.61 Å². The van der Waals surface area contributed by atoms with Gasteiger partial charge in [0.1, 0.15) is 5.75 Å². The van der Waals surface area contributed by atoms with Crippen molar-refractivity contribution < 1.29 is 9.13 Å². The van der Waals surface area contributed by atoms with Gasteiger partial charge in [0, 0.05) is 11.1 Å². The molecular weight excluding hydrogens is 155 g/mol. The van der Waals surface area contributed by atoms with E-state index in [0.717, 1.165) is 22.4 Å². The lowest BCUT2D eigenvalue weighted by Crippen LogP contribution is -1.90. The predicted molar refractivity (Wildman–Crippen MR) is 45.3 cm³/mol. The zero-order valence-corrected chi connectivity index (χ0v) is 7.23. The van der Waals surface area contributed by atoms with E-state index in [1.807, 2.05) is 19.9 Å². The summed E-state index contributed by atoms with van der Waals surface area (Å²) in [7, 11) is 0. The van der Waals surface area contributed by atoms with Crippen LogP contribution in [0.15, 0.2) is 12.1 Å². The normalized spacial score (nSPS) is 18.8. The number of rotatable bonds is 2. The Hall–Kier alpha value is -1.05. The molecule has 0 unspecified atom stereocenters. The van der Waals surface area contributed by atoms with E-state index in [1.165, 1.54) is 0 Å². The van der Waals surface area contributed by atoms with Gasteiger partial charge in [-0.25, -0.2) is 4.39 Å². The Balaban J connectivity index is 2.33. The third-order valence-corrected chi connectivity index (χ3v) is 2.15. The van der Waals surface area contributed by atoms with Crippen LogP contribution in [0.5, 0.6) is 5.75 Å². The summed E-state index contributed by atoms with van der Waals surface area (Å²) < 4.78 is 18.2. The molecular formula is C10H11FO. The summed E-state index contributed by atoms with van der Waals surface area (Å²) in [4.78, 5) is 0. The van der Waals surface area contributed by atoms with Crippen LogP contribution < -0.4 is 4.74 Å². The van der Waals surface area contributed by atoms with Crippen molar-refractivity contribution in [2.45, 2.75) is 20.0 Å². The third-order valence-electron chi connectivity index (χ3n) is 2.15. The number of halogens is 1. The van der Waals surface area contributed by atoms with Crippen LogP contribution in [0.2, 0.25) is 0 Å². The van der Waals surface area contributed by atoms with Gasteiger partial charge in [0.25, 0.3) is 0 Å². The van der Waals surface area contributed by atoms with Crippen LogP contribution >= 0.6 is 0 Å². The minimum atomic E-state index is -0.820. The first kappa shape index (κ1) is 7.59. The Morgan fingerprint density at radius 3 is 2.83 bits per heavy atom. The van der Waals surface area contributed by atoms with Gasteiger partial charge >= 0.3 is 0 Å². The summed E-state index contributed by atoms with van der Waals surface area (Å²) in [5.41, 5.74) is 2.67. The lowest BCUT2D eigenvalue weighted by Gasteiger charge is -2.01.